The number of benzene rings is 2. The number of aromatic nitrogens is 5. The maximum atomic E-state index is 12.9. The van der Waals surface area contributed by atoms with Crippen molar-refractivity contribution in [2.45, 2.75) is 32.8 Å². The van der Waals surface area contributed by atoms with Gasteiger partial charge in [0.15, 0.2) is 0 Å². The molecule has 0 radical (unpaired) electrons. The number of nitrogens with zero attached hydrogens (tertiary/aromatic N) is 6. The van der Waals surface area contributed by atoms with E-state index in [-0.39, 0.29) is 12.5 Å². The zero-order valence-corrected chi connectivity index (χ0v) is 20.9. The largest absolute Gasteiger partial charge is 0.463 e. The standard InChI is InChI=1S/C26H28N6O5/c1-26(2,3)23-22(21-19-14-16(15-33)4-9-20(19)32(28-21)25(35)36)27-29-31(23)18-7-5-17(6-8-18)24(34)30-10-12-37-13-11-30/h4-9,14,33H,10-13,15H2,1-3H3,(H,35,36). The number of aliphatic hydroxyl groups excluding tert-OH is 1. The Morgan fingerprint density at radius 2 is 1.73 bits per heavy atom. The van der Waals surface area contributed by atoms with Crippen molar-refractivity contribution in [2.24, 2.45) is 0 Å². The van der Waals surface area contributed by atoms with Gasteiger partial charge in [-0.25, -0.2) is 9.48 Å². The molecular weight excluding hydrogens is 476 g/mol. The summed E-state index contributed by atoms with van der Waals surface area (Å²) >= 11 is 0. The number of morpholine rings is 1. The van der Waals surface area contributed by atoms with Gasteiger partial charge in [-0.1, -0.05) is 32.1 Å². The zero-order valence-electron chi connectivity index (χ0n) is 20.9. The Morgan fingerprint density at radius 1 is 1.03 bits per heavy atom. The number of ether oxygens (including phenoxy) is 1. The maximum absolute atomic E-state index is 12.9. The average molecular weight is 505 g/mol. The number of amides is 1. The molecule has 5 rings (SSSR count). The van der Waals surface area contributed by atoms with Crippen molar-refractivity contribution in [2.75, 3.05) is 26.3 Å². The van der Waals surface area contributed by atoms with Crippen LogP contribution < -0.4 is 0 Å². The van der Waals surface area contributed by atoms with Gasteiger partial charge in [0, 0.05) is 29.5 Å². The molecule has 192 valence electrons. The number of aliphatic hydroxyl groups is 1. The van der Waals surface area contributed by atoms with E-state index in [9.17, 15) is 19.8 Å². The molecule has 2 N–H and O–H groups in total. The van der Waals surface area contributed by atoms with Gasteiger partial charge in [-0.15, -0.1) is 5.10 Å². The Morgan fingerprint density at radius 3 is 2.35 bits per heavy atom. The molecule has 1 fully saturated rings. The SMILES string of the molecule is CC(C)(C)c1c(-c2nn(C(=O)O)c3ccc(CO)cc23)nnn1-c1ccc(C(=O)N2CCOCC2)cc1. The van der Waals surface area contributed by atoms with Crippen LogP contribution in [0.5, 0.6) is 0 Å². The number of hydrogen-bond acceptors (Lipinski definition) is 7. The fraction of sp³-hybridized carbons (Fsp3) is 0.346. The summed E-state index contributed by atoms with van der Waals surface area (Å²) in [4.78, 5) is 26.5. The van der Waals surface area contributed by atoms with Gasteiger partial charge in [0.1, 0.15) is 11.4 Å². The summed E-state index contributed by atoms with van der Waals surface area (Å²) in [6.45, 7) is 8.04. The highest BCUT2D eigenvalue weighted by Crippen LogP contribution is 2.36. The summed E-state index contributed by atoms with van der Waals surface area (Å²) in [5, 5.41) is 33.1. The minimum Gasteiger partial charge on any atom is -0.463 e. The molecule has 2 aromatic heterocycles. The second-order valence-corrected chi connectivity index (χ2v) is 9.95. The minimum atomic E-state index is -1.22. The number of carbonyl (C=O) groups is 2. The topological polar surface area (TPSA) is 136 Å². The summed E-state index contributed by atoms with van der Waals surface area (Å²) in [7, 11) is 0. The van der Waals surface area contributed by atoms with E-state index >= 15 is 0 Å². The van der Waals surface area contributed by atoms with Crippen LogP contribution in [0, 0.1) is 0 Å². The molecule has 0 atom stereocenters. The first kappa shape index (κ1) is 24.6. The lowest BCUT2D eigenvalue weighted by Gasteiger charge is -2.27. The Hall–Kier alpha value is -4.09. The summed E-state index contributed by atoms with van der Waals surface area (Å²) in [5.74, 6) is -0.0458. The van der Waals surface area contributed by atoms with Gasteiger partial charge >= 0.3 is 6.09 Å². The fourth-order valence-electron chi connectivity index (χ4n) is 4.57. The van der Waals surface area contributed by atoms with E-state index in [0.29, 0.717) is 65.4 Å². The molecule has 0 bridgehead atoms. The quantitative estimate of drug-likeness (QED) is 0.433. The Balaban J connectivity index is 1.60. The molecule has 1 amide bonds. The first-order valence-electron chi connectivity index (χ1n) is 12.0. The van der Waals surface area contributed by atoms with Crippen LogP contribution >= 0.6 is 0 Å². The van der Waals surface area contributed by atoms with Crippen LogP contribution in [-0.2, 0) is 16.8 Å². The van der Waals surface area contributed by atoms with Crippen LogP contribution in [0.1, 0.15) is 42.4 Å². The molecule has 2 aromatic carbocycles. The number of fused-ring (bicyclic) bond motifs is 1. The molecule has 0 unspecified atom stereocenters. The van der Waals surface area contributed by atoms with Gasteiger partial charge < -0.3 is 19.8 Å². The molecule has 0 aliphatic carbocycles. The molecule has 1 aliphatic heterocycles. The van der Waals surface area contributed by atoms with Gasteiger partial charge in [-0.3, -0.25) is 4.79 Å². The normalized spacial score (nSPS) is 14.3. The minimum absolute atomic E-state index is 0.0458. The summed E-state index contributed by atoms with van der Waals surface area (Å²) < 4.78 is 7.94. The van der Waals surface area contributed by atoms with E-state index < -0.39 is 11.5 Å². The third-order valence-corrected chi connectivity index (χ3v) is 6.37. The van der Waals surface area contributed by atoms with Crippen molar-refractivity contribution in [1.82, 2.24) is 29.7 Å². The molecule has 0 saturated carbocycles. The molecule has 11 heteroatoms. The van der Waals surface area contributed by atoms with Crippen LogP contribution in [-0.4, -0.2) is 78.2 Å². The maximum Gasteiger partial charge on any atom is 0.432 e. The van der Waals surface area contributed by atoms with Crippen molar-refractivity contribution in [3.8, 4) is 17.1 Å². The molecular formula is C26H28N6O5. The predicted octanol–water partition coefficient (Wildman–Crippen LogP) is 3.07. The fourth-order valence-corrected chi connectivity index (χ4v) is 4.57. The predicted molar refractivity (Wildman–Crippen MR) is 135 cm³/mol. The highest BCUT2D eigenvalue weighted by molar-refractivity contribution is 5.97. The molecule has 3 heterocycles. The number of rotatable bonds is 4. The third-order valence-electron chi connectivity index (χ3n) is 6.37. The van der Waals surface area contributed by atoms with Crippen molar-refractivity contribution >= 4 is 22.9 Å². The van der Waals surface area contributed by atoms with Gasteiger partial charge in [0.05, 0.1) is 36.7 Å². The van der Waals surface area contributed by atoms with E-state index in [0.717, 1.165) is 10.4 Å². The monoisotopic (exact) mass is 504 g/mol. The van der Waals surface area contributed by atoms with E-state index in [1.807, 2.05) is 32.9 Å². The Bertz CT molecular complexity index is 1480. The van der Waals surface area contributed by atoms with Crippen LogP contribution in [0.4, 0.5) is 4.79 Å². The number of carboxylic acid groups (broad SMARTS) is 1. The highest BCUT2D eigenvalue weighted by atomic mass is 16.5. The van der Waals surface area contributed by atoms with Crippen LogP contribution in [0.15, 0.2) is 42.5 Å². The lowest BCUT2D eigenvalue weighted by atomic mass is 9.89. The number of carbonyl (C=O) groups excluding carboxylic acids is 1. The van der Waals surface area contributed by atoms with Gasteiger partial charge in [0.25, 0.3) is 5.91 Å². The molecule has 37 heavy (non-hydrogen) atoms. The van der Waals surface area contributed by atoms with E-state index in [2.05, 4.69) is 15.4 Å². The van der Waals surface area contributed by atoms with Gasteiger partial charge in [-0.2, -0.15) is 9.78 Å². The van der Waals surface area contributed by atoms with E-state index in [1.165, 1.54) is 0 Å². The summed E-state index contributed by atoms with van der Waals surface area (Å²) in [5.41, 5.74) is 3.39. The third kappa shape index (κ3) is 4.47. The summed E-state index contributed by atoms with van der Waals surface area (Å²) in [6.07, 6.45) is -1.22. The molecule has 11 nitrogen and oxygen atoms in total. The lowest BCUT2D eigenvalue weighted by Crippen LogP contribution is -2.40. The van der Waals surface area contributed by atoms with Gasteiger partial charge in [0.2, 0.25) is 0 Å². The second kappa shape index (κ2) is 9.41. The first-order valence-corrected chi connectivity index (χ1v) is 12.0. The average Bonchev–Trinajstić information content (AvgIpc) is 3.50. The lowest BCUT2D eigenvalue weighted by molar-refractivity contribution is 0.0303. The van der Waals surface area contributed by atoms with E-state index in [4.69, 9.17) is 4.74 Å². The van der Waals surface area contributed by atoms with Crippen molar-refractivity contribution in [1.29, 1.82) is 0 Å². The Kier molecular flexibility index (Phi) is 6.26. The molecule has 0 spiro atoms. The highest BCUT2D eigenvalue weighted by Gasteiger charge is 2.30. The van der Waals surface area contributed by atoms with E-state index in [1.54, 1.807) is 39.9 Å². The van der Waals surface area contributed by atoms with Gasteiger partial charge in [-0.05, 0) is 42.0 Å². The molecule has 1 saturated heterocycles. The molecule has 4 aromatic rings. The van der Waals surface area contributed by atoms with Crippen LogP contribution in [0.3, 0.4) is 0 Å². The second-order valence-electron chi connectivity index (χ2n) is 9.95. The summed E-state index contributed by atoms with van der Waals surface area (Å²) in [6, 6.07) is 12.2. The van der Waals surface area contributed by atoms with Crippen molar-refractivity contribution in [3.63, 3.8) is 0 Å². The van der Waals surface area contributed by atoms with Crippen LogP contribution in [0.2, 0.25) is 0 Å². The van der Waals surface area contributed by atoms with Crippen molar-refractivity contribution in [3.05, 3.63) is 59.3 Å². The zero-order chi connectivity index (χ0) is 26.3. The smallest absolute Gasteiger partial charge is 0.432 e. The molecule has 1 aliphatic rings. The number of hydrogen-bond donors (Lipinski definition) is 2. The van der Waals surface area contributed by atoms with Crippen molar-refractivity contribution < 1.29 is 24.5 Å². The first-order chi connectivity index (χ1) is 17.7. The van der Waals surface area contributed by atoms with Crippen LogP contribution in [0.25, 0.3) is 28.0 Å². The Labute approximate surface area is 212 Å².